The molecule has 5 rings (SSSR count). The molecule has 3 aromatic carbocycles. The summed E-state index contributed by atoms with van der Waals surface area (Å²) in [5.41, 5.74) is -1.36. The molecule has 1 aliphatic heterocycles. The average Bonchev–Trinajstić information content (AvgIpc) is 3.55. The number of nitrogens with one attached hydrogen (secondary N) is 1. The Morgan fingerprint density at radius 1 is 0.909 bits per heavy atom. The number of urea groups is 1. The molecule has 13 nitrogen and oxygen atoms in total. The monoisotopic (exact) mass is 618 g/mol. The fraction of sp³-hybridized carbons (Fsp3) is 0.200. The van der Waals surface area contributed by atoms with Crippen molar-refractivity contribution in [1.29, 1.82) is 0 Å². The Kier molecular flexibility index (Phi) is 8.18. The predicted molar refractivity (Wildman–Crippen MR) is 161 cm³/mol. The number of phenols is 2. The molecule has 0 saturated carbocycles. The summed E-state index contributed by atoms with van der Waals surface area (Å²) in [6.07, 6.45) is 0. The first-order chi connectivity index (χ1) is 21.1. The summed E-state index contributed by atoms with van der Waals surface area (Å²) >= 11 is 1.32. The van der Waals surface area contributed by atoms with Crippen LogP contribution in [-0.4, -0.2) is 45.0 Å². The van der Waals surface area contributed by atoms with Gasteiger partial charge in [0.1, 0.15) is 0 Å². The van der Waals surface area contributed by atoms with Crippen molar-refractivity contribution in [2.45, 2.75) is 25.3 Å². The van der Waals surface area contributed by atoms with E-state index in [0.29, 0.717) is 11.1 Å². The third kappa shape index (κ3) is 5.04. The summed E-state index contributed by atoms with van der Waals surface area (Å²) in [6, 6.07) is 13.6. The van der Waals surface area contributed by atoms with Crippen LogP contribution in [0.25, 0.3) is 0 Å². The minimum Gasteiger partial charge on any atom is -0.500 e. The summed E-state index contributed by atoms with van der Waals surface area (Å²) < 4.78 is 11.2. The van der Waals surface area contributed by atoms with Crippen molar-refractivity contribution in [2.24, 2.45) is 4.99 Å². The number of rotatable bonds is 10. The zero-order chi connectivity index (χ0) is 31.6. The van der Waals surface area contributed by atoms with Crippen molar-refractivity contribution >= 4 is 34.5 Å². The largest absolute Gasteiger partial charge is 0.500 e. The Bertz CT molecular complexity index is 1780. The lowest BCUT2D eigenvalue weighted by Gasteiger charge is -2.45. The Morgan fingerprint density at radius 3 is 2.09 bits per heavy atom. The number of benzene rings is 3. The van der Waals surface area contributed by atoms with Crippen molar-refractivity contribution < 1.29 is 34.3 Å². The molecule has 0 aliphatic carbocycles. The number of nitro benzene ring substituents is 2. The number of thiophene rings is 1. The number of hydrogen-bond donors (Lipinski definition) is 3. The molecule has 2 unspecified atom stereocenters. The molecule has 3 N–H and O–H groups in total. The maximum Gasteiger partial charge on any atom is 0.341 e. The molecule has 2 heterocycles. The number of carbonyl (C=O) groups is 1. The van der Waals surface area contributed by atoms with Crippen molar-refractivity contribution in [1.82, 2.24) is 5.32 Å². The van der Waals surface area contributed by atoms with Crippen molar-refractivity contribution in [3.8, 4) is 23.0 Å². The molecule has 1 aliphatic rings. The van der Waals surface area contributed by atoms with Gasteiger partial charge in [0.05, 0.1) is 40.2 Å². The van der Waals surface area contributed by atoms with Gasteiger partial charge < -0.3 is 25.0 Å². The quantitative estimate of drug-likeness (QED) is 0.141. The number of ether oxygens (including phenoxy) is 2. The summed E-state index contributed by atoms with van der Waals surface area (Å²) in [7, 11) is 0. The van der Waals surface area contributed by atoms with E-state index in [1.54, 1.807) is 61.0 Å². The van der Waals surface area contributed by atoms with Crippen LogP contribution in [0.4, 0.5) is 16.2 Å². The average molecular weight is 619 g/mol. The van der Waals surface area contributed by atoms with Gasteiger partial charge in [0, 0.05) is 12.1 Å². The highest BCUT2D eigenvalue weighted by atomic mass is 32.1. The molecule has 2 amide bonds. The zero-order valence-corrected chi connectivity index (χ0v) is 24.2. The van der Waals surface area contributed by atoms with Crippen LogP contribution in [0.3, 0.4) is 0 Å². The molecule has 4 aromatic rings. The van der Waals surface area contributed by atoms with Crippen LogP contribution in [0.1, 0.15) is 42.1 Å². The summed E-state index contributed by atoms with van der Waals surface area (Å²) in [5.74, 6) is -1.75. The zero-order valence-electron chi connectivity index (χ0n) is 23.4. The van der Waals surface area contributed by atoms with E-state index in [2.05, 4.69) is 10.3 Å². The lowest BCUT2D eigenvalue weighted by molar-refractivity contribution is -0.386. The Labute approximate surface area is 254 Å². The number of phenolic OH excluding ortho intramolecular Hbond substituents is 2. The van der Waals surface area contributed by atoms with E-state index in [-0.39, 0.29) is 41.6 Å². The minimum atomic E-state index is -1.59. The smallest absolute Gasteiger partial charge is 0.341 e. The number of aromatic hydroxyl groups is 2. The first kappa shape index (κ1) is 30.0. The second kappa shape index (κ2) is 12.0. The van der Waals surface area contributed by atoms with E-state index >= 15 is 0 Å². The lowest BCUT2D eigenvalue weighted by Crippen LogP contribution is -2.53. The van der Waals surface area contributed by atoms with E-state index in [1.807, 2.05) is 0 Å². The Balaban J connectivity index is 1.97. The van der Waals surface area contributed by atoms with Crippen LogP contribution < -0.4 is 14.8 Å². The normalized spacial score (nSPS) is 17.8. The number of nitrogens with zero attached hydrogens (tertiary/aromatic N) is 3. The maximum atomic E-state index is 13.3. The molecule has 1 aromatic heterocycles. The number of nitro groups is 2. The number of hydrogen-bond acceptors (Lipinski definition) is 10. The highest BCUT2D eigenvalue weighted by Crippen LogP contribution is 2.53. The van der Waals surface area contributed by atoms with Gasteiger partial charge in [-0.1, -0.05) is 30.3 Å². The first-order valence-corrected chi connectivity index (χ1v) is 14.3. The summed E-state index contributed by atoms with van der Waals surface area (Å²) in [5, 5.41) is 52.1. The second-order valence-corrected chi connectivity index (χ2v) is 10.4. The van der Waals surface area contributed by atoms with Gasteiger partial charge in [-0.15, -0.1) is 0 Å². The van der Waals surface area contributed by atoms with Crippen LogP contribution in [0.2, 0.25) is 0 Å². The number of carbonyl (C=O) groups excluding carboxylic acids is 1. The second-order valence-electron chi connectivity index (χ2n) is 9.64. The molecule has 0 radical (unpaired) electrons. The van der Waals surface area contributed by atoms with Gasteiger partial charge in [-0.25, -0.2) is 4.79 Å². The molecular formula is C30H26N4O9S. The summed E-state index contributed by atoms with van der Waals surface area (Å²) in [6.45, 7) is 3.43. The van der Waals surface area contributed by atoms with Crippen LogP contribution >= 0.6 is 11.3 Å². The highest BCUT2D eigenvalue weighted by molar-refractivity contribution is 7.08. The van der Waals surface area contributed by atoms with E-state index in [0.717, 1.165) is 6.07 Å². The maximum absolute atomic E-state index is 13.3. The Hall–Kier alpha value is -5.50. The van der Waals surface area contributed by atoms with E-state index in [4.69, 9.17) is 9.47 Å². The van der Waals surface area contributed by atoms with Gasteiger partial charge >= 0.3 is 17.4 Å². The van der Waals surface area contributed by atoms with Crippen molar-refractivity contribution in [2.75, 3.05) is 13.2 Å². The van der Waals surface area contributed by atoms with Crippen LogP contribution in [0.15, 0.2) is 76.4 Å². The third-order valence-corrected chi connectivity index (χ3v) is 7.91. The molecule has 2 atom stereocenters. The fourth-order valence-electron chi connectivity index (χ4n) is 5.49. The van der Waals surface area contributed by atoms with Crippen molar-refractivity contribution in [3.05, 3.63) is 114 Å². The van der Waals surface area contributed by atoms with Gasteiger partial charge in [0.25, 0.3) is 0 Å². The summed E-state index contributed by atoms with van der Waals surface area (Å²) in [4.78, 5) is 40.5. The van der Waals surface area contributed by atoms with Crippen LogP contribution in [0.5, 0.6) is 23.0 Å². The molecule has 0 saturated heterocycles. The molecule has 44 heavy (non-hydrogen) atoms. The van der Waals surface area contributed by atoms with Gasteiger partial charge in [0.2, 0.25) is 11.5 Å². The molecule has 0 bridgehead atoms. The topological polar surface area (TPSA) is 187 Å². The molecule has 226 valence electrons. The lowest BCUT2D eigenvalue weighted by atomic mass is 9.62. The standard InChI is InChI=1S/C30H26N4O9S/c1-3-42-23-13-18(12-21(25(23)35)33(38)39)28-30(19-10-11-44-16-19,27(31-29(37)32-28)17-8-6-5-7-9-17)20-14-22(34(40)41)26(36)24(15-20)43-4-2/h5-16,28,35-36H,3-4H2,1-2H3,(H,32,37). The number of aliphatic imine (C=N–C) groups is 1. The van der Waals surface area contributed by atoms with Gasteiger partial charge in [-0.2, -0.15) is 16.3 Å². The van der Waals surface area contributed by atoms with Gasteiger partial charge in [0.15, 0.2) is 11.5 Å². The van der Waals surface area contributed by atoms with E-state index < -0.39 is 50.2 Å². The Morgan fingerprint density at radius 2 is 1.52 bits per heavy atom. The number of amides is 2. The van der Waals surface area contributed by atoms with Gasteiger partial charge in [-0.05, 0) is 65.1 Å². The molecule has 0 fully saturated rings. The highest BCUT2D eigenvalue weighted by Gasteiger charge is 2.53. The van der Waals surface area contributed by atoms with Crippen LogP contribution in [-0.2, 0) is 5.41 Å². The fourth-order valence-corrected chi connectivity index (χ4v) is 6.20. The third-order valence-electron chi connectivity index (χ3n) is 7.23. The molecule has 14 heteroatoms. The van der Waals surface area contributed by atoms with E-state index in [1.165, 1.54) is 29.5 Å². The molecular weight excluding hydrogens is 592 g/mol. The van der Waals surface area contributed by atoms with E-state index in [9.17, 15) is 35.2 Å². The first-order valence-electron chi connectivity index (χ1n) is 13.4. The van der Waals surface area contributed by atoms with Gasteiger partial charge in [-0.3, -0.25) is 20.2 Å². The SMILES string of the molecule is CCOc1cc(C2NC(=O)N=C(c3ccccc3)C2(c2ccsc2)c2cc(OCC)c(O)c([N+](=O)[O-])c2)cc([N+](=O)[O-])c1O. The minimum absolute atomic E-state index is 0.0689. The van der Waals surface area contributed by atoms with Crippen molar-refractivity contribution in [3.63, 3.8) is 0 Å². The predicted octanol–water partition coefficient (Wildman–Crippen LogP) is 6.01. The van der Waals surface area contributed by atoms with Crippen LogP contribution in [0, 0.1) is 20.2 Å². The molecule has 0 spiro atoms.